The van der Waals surface area contributed by atoms with E-state index >= 15 is 0 Å². The van der Waals surface area contributed by atoms with Crippen LogP contribution in [0.15, 0.2) is 53.6 Å². The maximum atomic E-state index is 14.5. The van der Waals surface area contributed by atoms with Crippen LogP contribution in [0.4, 0.5) is 8.78 Å². The molecule has 1 unspecified atom stereocenters. The van der Waals surface area contributed by atoms with Gasteiger partial charge >= 0.3 is 0 Å². The molecule has 1 aromatic carbocycles. The summed E-state index contributed by atoms with van der Waals surface area (Å²) in [5, 5.41) is 0. The highest BCUT2D eigenvalue weighted by Crippen LogP contribution is 2.41. The molecule has 1 aliphatic rings. The first-order chi connectivity index (χ1) is 14.9. The summed E-state index contributed by atoms with van der Waals surface area (Å²) in [5.41, 5.74) is 7.82. The average molecular weight is 417 g/mol. The highest BCUT2D eigenvalue weighted by Gasteiger charge is 2.41. The highest BCUT2D eigenvalue weighted by atomic mass is 19.1. The number of pyridine rings is 1. The summed E-state index contributed by atoms with van der Waals surface area (Å²) in [6.07, 6.45) is 5.43. The summed E-state index contributed by atoms with van der Waals surface area (Å²) in [6.45, 7) is 0. The first-order valence-electron chi connectivity index (χ1n) is 9.94. The van der Waals surface area contributed by atoms with Crippen molar-refractivity contribution in [1.82, 2.24) is 9.55 Å². The molecule has 1 fully saturated rings. The van der Waals surface area contributed by atoms with Crippen LogP contribution in [0.3, 0.4) is 0 Å². The molecule has 2 aromatic heterocycles. The van der Waals surface area contributed by atoms with Crippen LogP contribution in [0.5, 0.6) is 0 Å². The molecule has 3 N–H and O–H groups in total. The van der Waals surface area contributed by atoms with Gasteiger partial charge in [-0.3, -0.25) is 4.79 Å². The molecule has 2 heterocycles. The molecule has 0 amide bonds. The summed E-state index contributed by atoms with van der Waals surface area (Å²) in [5.74, 6) is 9.51. The third-order valence-corrected chi connectivity index (χ3v) is 5.53. The Morgan fingerprint density at radius 1 is 1.19 bits per heavy atom. The van der Waals surface area contributed by atoms with Gasteiger partial charge in [0.05, 0.1) is 5.54 Å². The Hall–Kier alpha value is -3.61. The van der Waals surface area contributed by atoms with Gasteiger partial charge in [-0.2, -0.15) is 0 Å². The van der Waals surface area contributed by atoms with Crippen LogP contribution >= 0.6 is 0 Å². The summed E-state index contributed by atoms with van der Waals surface area (Å²) in [7, 11) is 1.61. The van der Waals surface area contributed by atoms with Crippen LogP contribution in [0, 0.1) is 35.3 Å². The fourth-order valence-corrected chi connectivity index (χ4v) is 3.51. The van der Waals surface area contributed by atoms with E-state index in [0.717, 1.165) is 42.3 Å². The quantitative estimate of drug-likeness (QED) is 0.638. The largest absolute Gasteiger partial charge is 0.362 e. The Kier molecular flexibility index (Phi) is 5.50. The molecular formula is C25H21F2N3O. The van der Waals surface area contributed by atoms with Gasteiger partial charge < -0.3 is 15.3 Å². The number of nitrogens with one attached hydrogen (secondary N) is 1. The van der Waals surface area contributed by atoms with Crippen molar-refractivity contribution < 1.29 is 8.78 Å². The van der Waals surface area contributed by atoms with Gasteiger partial charge in [-0.1, -0.05) is 17.9 Å². The van der Waals surface area contributed by atoms with Crippen molar-refractivity contribution in [2.24, 2.45) is 12.8 Å². The van der Waals surface area contributed by atoms with E-state index in [4.69, 9.17) is 5.73 Å². The third-order valence-electron chi connectivity index (χ3n) is 5.53. The minimum Gasteiger partial charge on any atom is -0.362 e. The first kappa shape index (κ1) is 20.7. The summed E-state index contributed by atoms with van der Waals surface area (Å²) in [6, 6.07) is 8.45. The number of rotatable bonds is 4. The van der Waals surface area contributed by atoms with Gasteiger partial charge in [-0.25, -0.2) is 8.78 Å². The number of aromatic nitrogens is 2. The molecule has 6 heteroatoms. The molecule has 31 heavy (non-hydrogen) atoms. The predicted octanol–water partition coefficient (Wildman–Crippen LogP) is 3.52. The zero-order valence-electron chi connectivity index (χ0n) is 17.0. The van der Waals surface area contributed by atoms with E-state index in [1.807, 2.05) is 6.07 Å². The monoisotopic (exact) mass is 417 g/mol. The zero-order valence-corrected chi connectivity index (χ0v) is 17.0. The van der Waals surface area contributed by atoms with Crippen LogP contribution in [0.1, 0.15) is 47.6 Å². The van der Waals surface area contributed by atoms with Gasteiger partial charge in [0, 0.05) is 48.6 Å². The smallest absolute Gasteiger partial charge is 0.254 e. The molecule has 0 aliphatic heterocycles. The lowest BCUT2D eigenvalue weighted by molar-refractivity contribution is 0.574. The van der Waals surface area contributed by atoms with E-state index in [1.165, 1.54) is 4.57 Å². The predicted molar refractivity (Wildman–Crippen MR) is 115 cm³/mol. The maximum absolute atomic E-state index is 14.5. The van der Waals surface area contributed by atoms with Crippen molar-refractivity contribution in [2.75, 3.05) is 0 Å². The van der Waals surface area contributed by atoms with Crippen molar-refractivity contribution in [3.63, 3.8) is 0 Å². The third kappa shape index (κ3) is 4.45. The van der Waals surface area contributed by atoms with Crippen molar-refractivity contribution in [2.45, 2.75) is 30.7 Å². The minimum absolute atomic E-state index is 0.0958. The second-order valence-corrected chi connectivity index (χ2v) is 7.81. The number of hydrogen-bond acceptors (Lipinski definition) is 2. The second kappa shape index (κ2) is 8.26. The number of nitrogens with two attached hydrogens (primary N) is 1. The number of halogens is 2. The maximum Gasteiger partial charge on any atom is 0.254 e. The van der Waals surface area contributed by atoms with Crippen molar-refractivity contribution in [3.05, 3.63) is 93.2 Å². The molecule has 0 bridgehead atoms. The van der Waals surface area contributed by atoms with Crippen LogP contribution in [-0.2, 0) is 12.6 Å². The average Bonchev–Trinajstić information content (AvgIpc) is 3.31. The molecule has 0 spiro atoms. The van der Waals surface area contributed by atoms with Crippen molar-refractivity contribution in [1.29, 1.82) is 0 Å². The Labute approximate surface area is 179 Å². The molecular weight excluding hydrogens is 396 g/mol. The Morgan fingerprint density at radius 2 is 2.00 bits per heavy atom. The van der Waals surface area contributed by atoms with E-state index < -0.39 is 17.6 Å². The number of hydrogen-bond donors (Lipinski definition) is 2. The molecule has 3 aromatic rings. The van der Waals surface area contributed by atoms with E-state index in [0.29, 0.717) is 5.56 Å². The lowest BCUT2D eigenvalue weighted by atomic mass is 9.89. The van der Waals surface area contributed by atoms with Crippen molar-refractivity contribution >= 4 is 0 Å². The van der Waals surface area contributed by atoms with Gasteiger partial charge in [0.15, 0.2) is 0 Å². The second-order valence-electron chi connectivity index (χ2n) is 7.81. The van der Waals surface area contributed by atoms with Crippen molar-refractivity contribution in [3.8, 4) is 23.7 Å². The summed E-state index contributed by atoms with van der Waals surface area (Å²) >= 11 is 0. The minimum atomic E-state index is -0.712. The summed E-state index contributed by atoms with van der Waals surface area (Å²) in [4.78, 5) is 15.7. The summed E-state index contributed by atoms with van der Waals surface area (Å²) < 4.78 is 29.7. The fourth-order valence-electron chi connectivity index (χ4n) is 3.51. The number of aryl methyl sites for hydroxylation is 1. The van der Waals surface area contributed by atoms with E-state index in [-0.39, 0.29) is 23.1 Å². The zero-order chi connectivity index (χ0) is 22.0. The van der Waals surface area contributed by atoms with Crippen LogP contribution in [0.25, 0.3) is 0 Å². The van der Waals surface area contributed by atoms with E-state index in [2.05, 4.69) is 28.7 Å². The Bertz CT molecular complexity index is 1310. The molecule has 4 rings (SSSR count). The molecule has 1 atom stereocenters. The number of nitrogens with zero attached hydrogens (tertiary/aromatic N) is 1. The molecule has 1 aliphatic carbocycles. The Balaban J connectivity index is 1.60. The molecule has 156 valence electrons. The van der Waals surface area contributed by atoms with Gasteiger partial charge in [-0.05, 0) is 60.6 Å². The fraction of sp³-hybridized carbons (Fsp3) is 0.240. The van der Waals surface area contributed by atoms with Gasteiger partial charge in [0.1, 0.15) is 11.6 Å². The number of aromatic amines is 1. The van der Waals surface area contributed by atoms with Crippen LogP contribution in [-0.4, -0.2) is 9.55 Å². The number of benzene rings is 1. The SMILES string of the molecule is Cn1cccc(C(CC#CC#Cc2c[nH]c(C3(N)CC3)c2)c2cc(F)ccc2F)c1=O. The molecule has 0 radical (unpaired) electrons. The topological polar surface area (TPSA) is 63.8 Å². The van der Waals surface area contributed by atoms with Gasteiger partial charge in [0.25, 0.3) is 5.56 Å². The molecule has 0 saturated heterocycles. The normalized spacial score (nSPS) is 14.7. The molecule has 1 saturated carbocycles. The van der Waals surface area contributed by atoms with E-state index in [1.54, 1.807) is 31.6 Å². The lowest BCUT2D eigenvalue weighted by Gasteiger charge is -2.16. The molecule has 4 nitrogen and oxygen atoms in total. The van der Waals surface area contributed by atoms with Gasteiger partial charge in [-0.15, -0.1) is 0 Å². The van der Waals surface area contributed by atoms with Crippen LogP contribution in [0.2, 0.25) is 0 Å². The lowest BCUT2D eigenvalue weighted by Crippen LogP contribution is -2.23. The van der Waals surface area contributed by atoms with Crippen LogP contribution < -0.4 is 11.3 Å². The standard InChI is InChI=1S/C25H21F2N3O/c1-30-13-5-8-20(24(30)31)19(21-15-18(26)9-10-22(21)27)7-4-2-3-6-17-14-23(29-16-17)25(28)11-12-25/h5,8-10,13-16,19,29H,7,11-12,28H2,1H3. The first-order valence-corrected chi connectivity index (χ1v) is 9.94. The Morgan fingerprint density at radius 3 is 2.77 bits per heavy atom. The van der Waals surface area contributed by atoms with E-state index in [9.17, 15) is 13.6 Å². The highest BCUT2D eigenvalue weighted by molar-refractivity contribution is 5.43. The number of H-pyrrole nitrogens is 1. The van der Waals surface area contributed by atoms with Gasteiger partial charge in [0.2, 0.25) is 0 Å².